The molecule has 0 N–H and O–H groups in total. The Bertz CT molecular complexity index is 177. The Kier molecular flexibility index (Phi) is 4.45. The Morgan fingerprint density at radius 1 is 1.29 bits per heavy atom. The predicted molar refractivity (Wildman–Crippen MR) is 72.8 cm³/mol. The summed E-state index contributed by atoms with van der Waals surface area (Å²) in [6.45, 7) is 4.74. The van der Waals surface area contributed by atoms with Gasteiger partial charge in [0.2, 0.25) is 0 Å². The quantitative estimate of drug-likeness (QED) is 0.743. The van der Waals surface area contributed by atoms with Gasteiger partial charge in [-0.25, -0.2) is 0 Å². The first-order valence-corrected chi connectivity index (χ1v) is 8.75. The van der Waals surface area contributed by atoms with E-state index in [2.05, 4.69) is 49.1 Å². The molecule has 2 heterocycles. The van der Waals surface area contributed by atoms with Crippen molar-refractivity contribution in [3.63, 3.8) is 0 Å². The van der Waals surface area contributed by atoms with Crippen LogP contribution in [0.3, 0.4) is 0 Å². The van der Waals surface area contributed by atoms with Crippen LogP contribution in [0.15, 0.2) is 0 Å². The Hall–Kier alpha value is 1.05. The smallest absolute Gasteiger partial charge is 0.0229 e. The van der Waals surface area contributed by atoms with Gasteiger partial charge in [-0.3, -0.25) is 0 Å². The van der Waals surface area contributed by atoms with E-state index in [1.54, 1.807) is 0 Å². The molecular formula is C11H20S3. The van der Waals surface area contributed by atoms with Gasteiger partial charge in [-0.2, -0.15) is 35.3 Å². The lowest BCUT2D eigenvalue weighted by atomic mass is 10.1. The van der Waals surface area contributed by atoms with E-state index in [0.29, 0.717) is 0 Å². The number of thioether (sulfide) groups is 3. The van der Waals surface area contributed by atoms with E-state index in [1.807, 2.05) is 0 Å². The van der Waals surface area contributed by atoms with E-state index >= 15 is 0 Å². The Balaban J connectivity index is 1.62. The highest BCUT2D eigenvalue weighted by molar-refractivity contribution is 8.08. The fraction of sp³-hybridized carbons (Fsp3) is 1.00. The molecule has 3 heteroatoms. The van der Waals surface area contributed by atoms with Crippen LogP contribution in [-0.2, 0) is 0 Å². The van der Waals surface area contributed by atoms with Gasteiger partial charge in [0.15, 0.2) is 0 Å². The molecule has 0 radical (unpaired) electrons. The molecule has 14 heavy (non-hydrogen) atoms. The van der Waals surface area contributed by atoms with Crippen LogP contribution < -0.4 is 0 Å². The lowest BCUT2D eigenvalue weighted by molar-refractivity contribution is 0.581. The largest absolute Gasteiger partial charge is 0.160 e. The maximum absolute atomic E-state index is 2.37. The summed E-state index contributed by atoms with van der Waals surface area (Å²) in [5.41, 5.74) is 0. The van der Waals surface area contributed by atoms with Crippen molar-refractivity contribution in [1.82, 2.24) is 0 Å². The van der Waals surface area contributed by atoms with Crippen LogP contribution in [0.5, 0.6) is 0 Å². The molecule has 2 fully saturated rings. The van der Waals surface area contributed by atoms with Gasteiger partial charge in [-0.1, -0.05) is 13.8 Å². The van der Waals surface area contributed by atoms with Crippen molar-refractivity contribution in [1.29, 1.82) is 0 Å². The van der Waals surface area contributed by atoms with E-state index in [1.165, 1.54) is 30.1 Å². The normalized spacial score (nSPS) is 33.6. The molecule has 0 amide bonds. The molecule has 0 bridgehead atoms. The summed E-state index contributed by atoms with van der Waals surface area (Å²) in [6, 6.07) is 0. The molecule has 2 aliphatic rings. The first kappa shape index (κ1) is 11.5. The summed E-state index contributed by atoms with van der Waals surface area (Å²) < 4.78 is 0. The molecule has 2 atom stereocenters. The molecule has 0 aliphatic carbocycles. The number of hydrogen-bond donors (Lipinski definition) is 0. The lowest BCUT2D eigenvalue weighted by Gasteiger charge is -2.25. The van der Waals surface area contributed by atoms with E-state index in [9.17, 15) is 0 Å². The summed E-state index contributed by atoms with van der Waals surface area (Å²) in [5, 5.41) is 2.92. The third-order valence-electron chi connectivity index (χ3n) is 3.01. The maximum Gasteiger partial charge on any atom is 0.0229 e. The summed E-state index contributed by atoms with van der Waals surface area (Å²) in [6.07, 6.45) is 2.94. The first-order valence-electron chi connectivity index (χ1n) is 5.60. The first-order chi connectivity index (χ1) is 6.75. The van der Waals surface area contributed by atoms with Gasteiger partial charge in [0.05, 0.1) is 0 Å². The van der Waals surface area contributed by atoms with E-state index in [0.717, 1.165) is 21.7 Å². The molecule has 0 spiro atoms. The minimum Gasteiger partial charge on any atom is -0.160 e. The fourth-order valence-electron chi connectivity index (χ4n) is 1.90. The average Bonchev–Trinajstić information content (AvgIpc) is 2.50. The van der Waals surface area contributed by atoms with Gasteiger partial charge in [0.1, 0.15) is 0 Å². The van der Waals surface area contributed by atoms with Crippen molar-refractivity contribution in [3.05, 3.63) is 0 Å². The lowest BCUT2D eigenvalue weighted by Crippen LogP contribution is -2.22. The van der Waals surface area contributed by atoms with Crippen LogP contribution in [0.25, 0.3) is 0 Å². The standard InChI is InChI=1S/C11H20S3/c1-8(2)11-4-3-9(14-11)7-13-10-5-12-6-10/h8-11H,3-7H2,1-2H3. The van der Waals surface area contributed by atoms with E-state index in [-0.39, 0.29) is 0 Å². The number of hydrogen-bond acceptors (Lipinski definition) is 3. The zero-order valence-electron chi connectivity index (χ0n) is 9.07. The maximum atomic E-state index is 2.37. The zero-order chi connectivity index (χ0) is 9.97. The molecule has 0 aromatic heterocycles. The summed E-state index contributed by atoms with van der Waals surface area (Å²) in [7, 11) is 0. The zero-order valence-corrected chi connectivity index (χ0v) is 11.5. The van der Waals surface area contributed by atoms with Crippen LogP contribution in [0.1, 0.15) is 26.7 Å². The third kappa shape index (κ3) is 3.02. The van der Waals surface area contributed by atoms with Gasteiger partial charge < -0.3 is 0 Å². The molecule has 0 aromatic carbocycles. The topological polar surface area (TPSA) is 0 Å². The fourth-order valence-corrected chi connectivity index (χ4v) is 6.23. The minimum atomic E-state index is 0.884. The molecule has 2 saturated heterocycles. The Labute approximate surface area is 101 Å². The SMILES string of the molecule is CC(C)C1CCC(CSC2CSC2)S1. The third-order valence-corrected chi connectivity index (χ3v) is 8.23. The molecule has 82 valence electrons. The summed E-state index contributed by atoms with van der Waals surface area (Å²) >= 11 is 6.61. The molecule has 0 nitrogen and oxygen atoms in total. The van der Waals surface area contributed by atoms with Crippen LogP contribution in [0.4, 0.5) is 0 Å². The molecule has 2 rings (SSSR count). The van der Waals surface area contributed by atoms with Crippen molar-refractivity contribution in [3.8, 4) is 0 Å². The second-order valence-electron chi connectivity index (χ2n) is 4.61. The van der Waals surface area contributed by atoms with Crippen molar-refractivity contribution in [2.75, 3.05) is 17.3 Å². The monoisotopic (exact) mass is 248 g/mol. The predicted octanol–water partition coefficient (Wildman–Crippen LogP) is 3.76. The van der Waals surface area contributed by atoms with Crippen molar-refractivity contribution in [2.45, 2.75) is 42.4 Å². The number of rotatable bonds is 4. The van der Waals surface area contributed by atoms with Crippen molar-refractivity contribution >= 4 is 35.3 Å². The van der Waals surface area contributed by atoms with Gasteiger partial charge in [-0.05, 0) is 18.8 Å². The average molecular weight is 248 g/mol. The molecule has 2 unspecified atom stereocenters. The second kappa shape index (κ2) is 5.40. The summed E-state index contributed by atoms with van der Waals surface area (Å²) in [5.74, 6) is 5.12. The van der Waals surface area contributed by atoms with Crippen molar-refractivity contribution < 1.29 is 0 Å². The minimum absolute atomic E-state index is 0.884. The highest BCUT2D eigenvalue weighted by Gasteiger charge is 2.28. The van der Waals surface area contributed by atoms with Gasteiger partial charge in [0, 0.05) is 33.0 Å². The molecule has 0 saturated carbocycles. The highest BCUT2D eigenvalue weighted by Crippen LogP contribution is 2.41. The van der Waals surface area contributed by atoms with E-state index < -0.39 is 0 Å². The van der Waals surface area contributed by atoms with Crippen LogP contribution in [-0.4, -0.2) is 33.0 Å². The van der Waals surface area contributed by atoms with Gasteiger partial charge in [-0.15, -0.1) is 0 Å². The van der Waals surface area contributed by atoms with Gasteiger partial charge in [0.25, 0.3) is 0 Å². The Morgan fingerprint density at radius 2 is 2.07 bits per heavy atom. The summed E-state index contributed by atoms with van der Waals surface area (Å²) in [4.78, 5) is 0. The second-order valence-corrected chi connectivity index (χ2v) is 8.56. The highest BCUT2D eigenvalue weighted by atomic mass is 32.2. The van der Waals surface area contributed by atoms with Crippen LogP contribution >= 0.6 is 35.3 Å². The van der Waals surface area contributed by atoms with E-state index in [4.69, 9.17) is 0 Å². The Morgan fingerprint density at radius 3 is 2.57 bits per heavy atom. The molecular weight excluding hydrogens is 228 g/mol. The van der Waals surface area contributed by atoms with Gasteiger partial charge >= 0.3 is 0 Å². The molecule has 0 aromatic rings. The van der Waals surface area contributed by atoms with Crippen molar-refractivity contribution in [2.24, 2.45) is 5.92 Å². The molecule has 2 aliphatic heterocycles. The van der Waals surface area contributed by atoms with Crippen LogP contribution in [0.2, 0.25) is 0 Å². The van der Waals surface area contributed by atoms with Crippen LogP contribution in [0, 0.1) is 5.92 Å².